The van der Waals surface area contributed by atoms with Crippen molar-refractivity contribution in [1.82, 2.24) is 15.2 Å². The summed E-state index contributed by atoms with van der Waals surface area (Å²) >= 11 is 0. The molecule has 1 aromatic rings. The number of pyridine rings is 1. The van der Waals surface area contributed by atoms with Crippen LogP contribution in [0.2, 0.25) is 0 Å². The van der Waals surface area contributed by atoms with Gasteiger partial charge < -0.3 is 15.3 Å². The second-order valence-corrected chi connectivity index (χ2v) is 6.79. The zero-order chi connectivity index (χ0) is 15.5. The van der Waals surface area contributed by atoms with Crippen LogP contribution >= 0.6 is 0 Å². The number of amides is 2. The van der Waals surface area contributed by atoms with Crippen LogP contribution in [0.1, 0.15) is 32.8 Å². The van der Waals surface area contributed by atoms with Gasteiger partial charge in [-0.2, -0.15) is 0 Å². The molecule has 2 heterocycles. The smallest absolute Gasteiger partial charge is 0.317 e. The summed E-state index contributed by atoms with van der Waals surface area (Å²) in [5, 5.41) is 13.2. The summed E-state index contributed by atoms with van der Waals surface area (Å²) in [5.74, 6) is 0.236. The van der Waals surface area contributed by atoms with Gasteiger partial charge in [0.05, 0.1) is 6.10 Å². The van der Waals surface area contributed by atoms with Gasteiger partial charge in [-0.1, -0.05) is 26.8 Å². The summed E-state index contributed by atoms with van der Waals surface area (Å²) in [6.07, 6.45) is 3.83. The van der Waals surface area contributed by atoms with Crippen LogP contribution < -0.4 is 5.32 Å². The van der Waals surface area contributed by atoms with Crippen molar-refractivity contribution in [2.45, 2.75) is 39.8 Å². The molecule has 0 aromatic carbocycles. The van der Waals surface area contributed by atoms with Gasteiger partial charge >= 0.3 is 6.03 Å². The lowest BCUT2D eigenvalue weighted by Gasteiger charge is -2.42. The van der Waals surface area contributed by atoms with E-state index in [1.807, 2.05) is 12.1 Å². The Balaban J connectivity index is 1.85. The number of hydrogen-bond acceptors (Lipinski definition) is 3. The number of hydrogen-bond donors (Lipinski definition) is 2. The monoisotopic (exact) mass is 291 g/mol. The number of aliphatic hydroxyl groups excluding tert-OH is 1. The minimum atomic E-state index is -0.456. The van der Waals surface area contributed by atoms with E-state index in [1.54, 1.807) is 17.3 Å². The molecular weight excluding hydrogens is 266 g/mol. The van der Waals surface area contributed by atoms with Gasteiger partial charge in [0.1, 0.15) is 0 Å². The Bertz CT molecular complexity index is 470. The average molecular weight is 291 g/mol. The Morgan fingerprint density at radius 2 is 2.29 bits per heavy atom. The van der Waals surface area contributed by atoms with Gasteiger partial charge in [-0.05, 0) is 29.4 Å². The fourth-order valence-electron chi connectivity index (χ4n) is 2.92. The van der Waals surface area contributed by atoms with Gasteiger partial charge in [0.25, 0.3) is 0 Å². The first-order valence-corrected chi connectivity index (χ1v) is 7.47. The molecule has 116 valence electrons. The van der Waals surface area contributed by atoms with E-state index in [2.05, 4.69) is 31.1 Å². The average Bonchev–Trinajstić information content (AvgIpc) is 2.44. The molecule has 1 saturated heterocycles. The predicted molar refractivity (Wildman–Crippen MR) is 81.6 cm³/mol. The standard InChI is InChI=1S/C16H25N3O2/c1-16(2,3)13-6-8-19(11-14(13)20)15(21)18-10-12-5-4-7-17-9-12/h4-5,7,9,13-14,20H,6,8,10-11H2,1-3H3,(H,18,21)/t13-,14-/m1/s1. The second kappa shape index (κ2) is 6.43. The topological polar surface area (TPSA) is 65.5 Å². The number of rotatable bonds is 2. The first-order chi connectivity index (χ1) is 9.88. The van der Waals surface area contributed by atoms with Gasteiger partial charge in [0, 0.05) is 32.0 Å². The zero-order valence-corrected chi connectivity index (χ0v) is 13.0. The normalized spacial score (nSPS) is 23.0. The predicted octanol–water partition coefficient (Wildman–Crippen LogP) is 2.02. The van der Waals surface area contributed by atoms with Gasteiger partial charge in [-0.15, -0.1) is 0 Å². The van der Waals surface area contributed by atoms with Crippen LogP contribution in [-0.2, 0) is 6.54 Å². The highest BCUT2D eigenvalue weighted by Gasteiger charge is 2.36. The van der Waals surface area contributed by atoms with E-state index in [0.717, 1.165) is 12.0 Å². The molecule has 0 bridgehead atoms. The summed E-state index contributed by atoms with van der Waals surface area (Å²) in [7, 11) is 0. The van der Waals surface area contributed by atoms with Gasteiger partial charge in [-0.25, -0.2) is 4.79 Å². The molecule has 1 aliphatic heterocycles. The maximum Gasteiger partial charge on any atom is 0.317 e. The molecule has 2 N–H and O–H groups in total. The van der Waals surface area contributed by atoms with E-state index in [0.29, 0.717) is 19.6 Å². The number of carbonyl (C=O) groups excluding carboxylic acids is 1. The molecule has 2 amide bonds. The summed E-state index contributed by atoms with van der Waals surface area (Å²) in [6, 6.07) is 3.65. The fraction of sp³-hybridized carbons (Fsp3) is 0.625. The largest absolute Gasteiger partial charge is 0.391 e. The summed E-state index contributed by atoms with van der Waals surface area (Å²) in [5.41, 5.74) is 1.04. The number of carbonyl (C=O) groups is 1. The quantitative estimate of drug-likeness (QED) is 0.876. The highest BCUT2D eigenvalue weighted by Crippen LogP contribution is 2.34. The van der Waals surface area contributed by atoms with Gasteiger partial charge in [-0.3, -0.25) is 4.98 Å². The van der Waals surface area contributed by atoms with Crippen LogP contribution in [0, 0.1) is 11.3 Å². The molecular formula is C16H25N3O2. The van der Waals surface area contributed by atoms with Crippen LogP contribution in [0.25, 0.3) is 0 Å². The van der Waals surface area contributed by atoms with Crippen LogP contribution in [0.3, 0.4) is 0 Å². The van der Waals surface area contributed by atoms with Crippen molar-refractivity contribution in [2.75, 3.05) is 13.1 Å². The third kappa shape index (κ3) is 4.17. The Labute approximate surface area is 126 Å². The Hall–Kier alpha value is -1.62. The lowest BCUT2D eigenvalue weighted by atomic mass is 9.74. The minimum Gasteiger partial charge on any atom is -0.391 e. The molecule has 21 heavy (non-hydrogen) atoms. The van der Waals surface area contributed by atoms with E-state index in [4.69, 9.17) is 0 Å². The molecule has 0 unspecified atom stereocenters. The van der Waals surface area contributed by atoms with E-state index in [-0.39, 0.29) is 17.4 Å². The van der Waals surface area contributed by atoms with Crippen LogP contribution in [0.5, 0.6) is 0 Å². The molecule has 0 radical (unpaired) electrons. The van der Waals surface area contributed by atoms with E-state index >= 15 is 0 Å². The van der Waals surface area contributed by atoms with Crippen molar-refractivity contribution in [3.63, 3.8) is 0 Å². The molecule has 2 atom stereocenters. The summed E-state index contributed by atoms with van der Waals surface area (Å²) < 4.78 is 0. The minimum absolute atomic E-state index is 0.0672. The number of likely N-dealkylation sites (tertiary alicyclic amines) is 1. The number of nitrogens with zero attached hydrogens (tertiary/aromatic N) is 2. The number of aromatic nitrogens is 1. The SMILES string of the molecule is CC(C)(C)[C@@H]1CCN(C(=O)NCc2cccnc2)C[C@H]1O. The van der Waals surface area contributed by atoms with Crippen LogP contribution in [0.15, 0.2) is 24.5 Å². The van der Waals surface area contributed by atoms with Crippen LogP contribution in [0.4, 0.5) is 4.79 Å². The molecule has 2 rings (SSSR count). The van der Waals surface area contributed by atoms with Crippen molar-refractivity contribution < 1.29 is 9.90 Å². The molecule has 5 heteroatoms. The highest BCUT2D eigenvalue weighted by molar-refractivity contribution is 5.74. The summed E-state index contributed by atoms with van der Waals surface area (Å²) in [4.78, 5) is 17.9. The van der Waals surface area contributed by atoms with Crippen LogP contribution in [-0.4, -0.2) is 40.2 Å². The molecule has 1 aliphatic rings. The lowest BCUT2D eigenvalue weighted by Crippen LogP contribution is -2.52. The van der Waals surface area contributed by atoms with Crippen molar-refractivity contribution in [2.24, 2.45) is 11.3 Å². The van der Waals surface area contributed by atoms with Gasteiger partial charge in [0.15, 0.2) is 0 Å². The third-order valence-electron chi connectivity index (χ3n) is 4.15. The third-order valence-corrected chi connectivity index (χ3v) is 4.15. The lowest BCUT2D eigenvalue weighted by molar-refractivity contribution is -0.0124. The maximum absolute atomic E-state index is 12.2. The van der Waals surface area contributed by atoms with E-state index < -0.39 is 6.10 Å². The van der Waals surface area contributed by atoms with E-state index in [1.165, 1.54) is 0 Å². The Kier molecular flexibility index (Phi) is 4.83. The highest BCUT2D eigenvalue weighted by atomic mass is 16.3. The number of β-amino-alcohol motifs (C(OH)–C–C–N with tert-alkyl or cyclic N) is 1. The molecule has 0 saturated carbocycles. The number of nitrogens with one attached hydrogen (secondary N) is 1. The van der Waals surface area contributed by atoms with Crippen molar-refractivity contribution >= 4 is 6.03 Å². The maximum atomic E-state index is 12.2. The van der Waals surface area contributed by atoms with Gasteiger partial charge in [0.2, 0.25) is 0 Å². The fourth-order valence-corrected chi connectivity index (χ4v) is 2.92. The van der Waals surface area contributed by atoms with Crippen molar-refractivity contribution in [3.05, 3.63) is 30.1 Å². The second-order valence-electron chi connectivity index (χ2n) is 6.79. The molecule has 0 spiro atoms. The first-order valence-electron chi connectivity index (χ1n) is 7.47. The number of piperidine rings is 1. The number of urea groups is 1. The van der Waals surface area contributed by atoms with Crippen molar-refractivity contribution in [1.29, 1.82) is 0 Å². The Morgan fingerprint density at radius 1 is 1.52 bits per heavy atom. The Morgan fingerprint density at radius 3 is 2.86 bits per heavy atom. The zero-order valence-electron chi connectivity index (χ0n) is 13.0. The van der Waals surface area contributed by atoms with Crippen molar-refractivity contribution in [3.8, 4) is 0 Å². The summed E-state index contributed by atoms with van der Waals surface area (Å²) in [6.45, 7) is 7.97. The molecule has 1 fully saturated rings. The van der Waals surface area contributed by atoms with E-state index in [9.17, 15) is 9.90 Å². The molecule has 5 nitrogen and oxygen atoms in total. The number of aliphatic hydroxyl groups is 1. The molecule has 0 aliphatic carbocycles. The first kappa shape index (κ1) is 15.8. The molecule has 1 aromatic heterocycles.